The highest BCUT2D eigenvalue weighted by atomic mass is 32.2. The van der Waals surface area contributed by atoms with E-state index in [-0.39, 0.29) is 22.3 Å². The summed E-state index contributed by atoms with van der Waals surface area (Å²) in [6, 6.07) is 13.2. The number of benzene rings is 3. The van der Waals surface area contributed by atoms with E-state index >= 15 is 0 Å². The van der Waals surface area contributed by atoms with E-state index in [1.54, 1.807) is 51.1 Å². The average molecular weight is 441 g/mol. The summed E-state index contributed by atoms with van der Waals surface area (Å²) in [7, 11) is -4.00. The lowest BCUT2D eigenvalue weighted by Gasteiger charge is -2.12. The Kier molecular flexibility index (Phi) is 5.18. The van der Waals surface area contributed by atoms with Gasteiger partial charge in [-0.15, -0.1) is 0 Å². The third-order valence-corrected chi connectivity index (χ3v) is 6.17. The minimum atomic E-state index is -4.00. The van der Waals surface area contributed by atoms with E-state index in [0.717, 1.165) is 12.1 Å². The number of hydrogen-bond donors (Lipinski definition) is 1. The van der Waals surface area contributed by atoms with Crippen molar-refractivity contribution in [3.63, 3.8) is 0 Å². The van der Waals surface area contributed by atoms with Crippen molar-refractivity contribution in [3.8, 4) is 0 Å². The molecule has 1 heterocycles. The van der Waals surface area contributed by atoms with Gasteiger partial charge in [-0.05, 0) is 51.1 Å². The Balaban J connectivity index is 1.92. The lowest BCUT2D eigenvalue weighted by molar-refractivity contribution is 0.0378. The first kappa shape index (κ1) is 20.9. The maximum Gasteiger partial charge on any atom is 0.342 e. The van der Waals surface area contributed by atoms with E-state index in [4.69, 9.17) is 9.15 Å². The van der Waals surface area contributed by atoms with Gasteiger partial charge in [-0.2, -0.15) is 0 Å². The van der Waals surface area contributed by atoms with Crippen molar-refractivity contribution in [2.45, 2.75) is 31.8 Å². The molecule has 0 amide bonds. The van der Waals surface area contributed by atoms with Gasteiger partial charge in [0.1, 0.15) is 22.7 Å². The fourth-order valence-corrected chi connectivity index (χ4v) is 4.54. The monoisotopic (exact) mass is 441 g/mol. The molecule has 0 radical (unpaired) electrons. The van der Waals surface area contributed by atoms with Gasteiger partial charge in [-0.25, -0.2) is 17.6 Å². The molecule has 0 unspecified atom stereocenters. The molecule has 31 heavy (non-hydrogen) atoms. The Morgan fingerprint density at radius 2 is 1.68 bits per heavy atom. The van der Waals surface area contributed by atoms with Crippen molar-refractivity contribution in [1.82, 2.24) is 0 Å². The van der Waals surface area contributed by atoms with Gasteiger partial charge in [-0.3, -0.25) is 4.72 Å². The van der Waals surface area contributed by atoms with Crippen LogP contribution >= 0.6 is 0 Å². The van der Waals surface area contributed by atoms with Crippen LogP contribution in [0.15, 0.2) is 63.9 Å². The number of aryl methyl sites for hydroxylation is 1. The third kappa shape index (κ3) is 3.86. The molecule has 6 nitrogen and oxygen atoms in total. The zero-order valence-electron chi connectivity index (χ0n) is 17.1. The van der Waals surface area contributed by atoms with Crippen LogP contribution in [0, 0.1) is 12.7 Å². The van der Waals surface area contributed by atoms with Crippen molar-refractivity contribution < 1.29 is 26.8 Å². The fraction of sp³-hybridized carbons (Fsp3) is 0.174. The molecule has 4 aromatic rings. The van der Waals surface area contributed by atoms with Gasteiger partial charge in [0, 0.05) is 16.2 Å². The van der Waals surface area contributed by atoms with Crippen molar-refractivity contribution in [3.05, 3.63) is 71.7 Å². The van der Waals surface area contributed by atoms with E-state index < -0.39 is 21.8 Å². The number of carbonyl (C=O) groups excluding carboxylic acids is 1. The number of carbonyl (C=O) groups is 1. The predicted molar refractivity (Wildman–Crippen MR) is 116 cm³/mol. The molecular formula is C23H20FNO5S. The maximum atomic E-state index is 13.2. The molecule has 0 bridgehead atoms. The van der Waals surface area contributed by atoms with Gasteiger partial charge in [0.2, 0.25) is 0 Å². The highest BCUT2D eigenvalue weighted by Crippen LogP contribution is 2.37. The van der Waals surface area contributed by atoms with E-state index in [0.29, 0.717) is 27.5 Å². The van der Waals surface area contributed by atoms with E-state index in [9.17, 15) is 17.6 Å². The van der Waals surface area contributed by atoms with Gasteiger partial charge < -0.3 is 9.15 Å². The number of nitrogens with one attached hydrogen (secondary N) is 1. The SMILES string of the molecule is Cc1oc2c(cc(NS(=O)(=O)c3ccc(F)cc3)c3ccccc32)c1C(=O)OC(C)C. The summed E-state index contributed by atoms with van der Waals surface area (Å²) in [5.41, 5.74) is 0.983. The summed E-state index contributed by atoms with van der Waals surface area (Å²) in [6.45, 7) is 5.15. The molecule has 3 aromatic carbocycles. The molecule has 0 aliphatic heterocycles. The number of anilines is 1. The normalized spacial score (nSPS) is 11.9. The summed E-state index contributed by atoms with van der Waals surface area (Å²) in [4.78, 5) is 12.6. The van der Waals surface area contributed by atoms with Crippen LogP contribution in [-0.4, -0.2) is 20.5 Å². The quantitative estimate of drug-likeness (QED) is 0.419. The zero-order chi connectivity index (χ0) is 22.3. The van der Waals surface area contributed by atoms with Crippen molar-refractivity contribution in [2.75, 3.05) is 4.72 Å². The highest BCUT2D eigenvalue weighted by Gasteiger charge is 2.24. The molecule has 0 saturated carbocycles. The van der Waals surface area contributed by atoms with Gasteiger partial charge >= 0.3 is 5.97 Å². The van der Waals surface area contributed by atoms with Crippen LogP contribution in [0.1, 0.15) is 30.0 Å². The number of sulfonamides is 1. The van der Waals surface area contributed by atoms with Gasteiger partial charge in [0.25, 0.3) is 10.0 Å². The van der Waals surface area contributed by atoms with E-state index in [1.165, 1.54) is 12.1 Å². The molecule has 160 valence electrons. The first-order valence-corrected chi connectivity index (χ1v) is 11.1. The van der Waals surface area contributed by atoms with Crippen LogP contribution in [0.2, 0.25) is 0 Å². The number of ether oxygens (including phenoxy) is 1. The lowest BCUT2D eigenvalue weighted by atomic mass is 10.0. The largest absolute Gasteiger partial charge is 0.460 e. The summed E-state index contributed by atoms with van der Waals surface area (Å²) in [5.74, 6) is -0.703. The van der Waals surface area contributed by atoms with Crippen molar-refractivity contribution >= 4 is 43.4 Å². The molecule has 0 atom stereocenters. The minimum Gasteiger partial charge on any atom is -0.460 e. The number of furan rings is 1. The summed E-state index contributed by atoms with van der Waals surface area (Å²) in [5, 5.41) is 1.68. The van der Waals surface area contributed by atoms with Crippen LogP contribution in [0.25, 0.3) is 21.7 Å². The first-order chi connectivity index (χ1) is 14.7. The lowest BCUT2D eigenvalue weighted by Crippen LogP contribution is -2.14. The maximum absolute atomic E-state index is 13.2. The molecule has 0 spiro atoms. The molecule has 0 aliphatic carbocycles. The molecule has 1 aromatic heterocycles. The number of fused-ring (bicyclic) bond motifs is 3. The molecule has 8 heteroatoms. The summed E-state index contributed by atoms with van der Waals surface area (Å²) < 4.78 is 52.8. The molecule has 0 saturated heterocycles. The van der Waals surface area contributed by atoms with Crippen LogP contribution in [0.5, 0.6) is 0 Å². The number of hydrogen-bond acceptors (Lipinski definition) is 5. The summed E-state index contributed by atoms with van der Waals surface area (Å²) in [6.07, 6.45) is -0.325. The molecule has 4 rings (SSSR count). The third-order valence-electron chi connectivity index (χ3n) is 4.79. The topological polar surface area (TPSA) is 85.6 Å². The standard InChI is InChI=1S/C23H20FNO5S/c1-13(2)29-23(26)21-14(3)30-22-18-7-5-4-6-17(18)20(12-19(21)22)25-31(27,28)16-10-8-15(24)9-11-16/h4-13,25H,1-3H3. The highest BCUT2D eigenvalue weighted by molar-refractivity contribution is 7.92. The molecule has 0 fully saturated rings. The van der Waals surface area contributed by atoms with Crippen LogP contribution in [-0.2, 0) is 14.8 Å². The number of rotatable bonds is 5. The molecular weight excluding hydrogens is 421 g/mol. The smallest absolute Gasteiger partial charge is 0.342 e. The molecule has 0 aliphatic rings. The first-order valence-electron chi connectivity index (χ1n) is 9.61. The second-order valence-corrected chi connectivity index (χ2v) is 9.08. The Labute approximate surface area is 178 Å². The number of halogens is 1. The van der Waals surface area contributed by atoms with Gasteiger partial charge in [-0.1, -0.05) is 24.3 Å². The van der Waals surface area contributed by atoms with Crippen LogP contribution in [0.3, 0.4) is 0 Å². The second-order valence-electron chi connectivity index (χ2n) is 7.39. The van der Waals surface area contributed by atoms with Gasteiger partial charge in [0.15, 0.2) is 0 Å². The van der Waals surface area contributed by atoms with Crippen molar-refractivity contribution in [2.24, 2.45) is 0 Å². The second kappa shape index (κ2) is 7.70. The minimum absolute atomic E-state index is 0.0825. The van der Waals surface area contributed by atoms with Crippen molar-refractivity contribution in [1.29, 1.82) is 0 Å². The Hall–Kier alpha value is -3.39. The van der Waals surface area contributed by atoms with E-state index in [1.807, 2.05) is 0 Å². The number of esters is 1. The van der Waals surface area contributed by atoms with Gasteiger partial charge in [0.05, 0.1) is 16.7 Å². The Morgan fingerprint density at radius 1 is 1.03 bits per heavy atom. The Morgan fingerprint density at radius 3 is 2.32 bits per heavy atom. The fourth-order valence-electron chi connectivity index (χ4n) is 3.47. The predicted octanol–water partition coefficient (Wildman–Crippen LogP) is 5.40. The zero-order valence-corrected chi connectivity index (χ0v) is 17.9. The molecule has 1 N–H and O–H groups in total. The average Bonchev–Trinajstić information content (AvgIpc) is 3.04. The van der Waals surface area contributed by atoms with E-state index in [2.05, 4.69) is 4.72 Å². The Bertz CT molecular complexity index is 1410. The van der Waals surface area contributed by atoms with Crippen LogP contribution in [0.4, 0.5) is 10.1 Å². The van der Waals surface area contributed by atoms with Crippen LogP contribution < -0.4 is 4.72 Å². The summed E-state index contributed by atoms with van der Waals surface area (Å²) >= 11 is 0.